The van der Waals surface area contributed by atoms with Crippen LogP contribution in [0.5, 0.6) is 0 Å². The molecule has 2 heterocycles. The van der Waals surface area contributed by atoms with Crippen LogP contribution in [-0.2, 0) is 19.6 Å². The molecule has 1 aromatic carbocycles. The SMILES string of the molecule is CC(C)Cn1nc(-c2ccc(CN)c(F)c2)cc(CN2CCNCC2)c1=O. The standard InChI is InChI=1S/C20H28FN5O/c1-14(2)12-26-20(27)17(13-25-7-5-23-6-8-25)10-19(24-26)15-3-4-16(11-22)18(21)9-15/h3-4,9-10,14,23H,5-8,11-13,22H2,1-2H3. The second-order valence-electron chi connectivity index (χ2n) is 7.47. The Balaban J connectivity index is 2.00. The van der Waals surface area contributed by atoms with Crippen LogP contribution >= 0.6 is 0 Å². The van der Waals surface area contributed by atoms with Crippen LogP contribution in [0.2, 0.25) is 0 Å². The smallest absolute Gasteiger partial charge is 0.271 e. The van der Waals surface area contributed by atoms with Gasteiger partial charge in [0, 0.05) is 62.5 Å². The minimum absolute atomic E-state index is 0.0648. The average molecular weight is 373 g/mol. The first-order valence-electron chi connectivity index (χ1n) is 9.51. The quantitative estimate of drug-likeness (QED) is 0.804. The molecular weight excluding hydrogens is 345 g/mol. The zero-order valence-corrected chi connectivity index (χ0v) is 16.0. The molecule has 1 saturated heterocycles. The molecule has 1 fully saturated rings. The fourth-order valence-corrected chi connectivity index (χ4v) is 3.30. The third-order valence-electron chi connectivity index (χ3n) is 4.76. The van der Waals surface area contributed by atoms with Gasteiger partial charge in [-0.3, -0.25) is 9.69 Å². The largest absolute Gasteiger partial charge is 0.326 e. The summed E-state index contributed by atoms with van der Waals surface area (Å²) in [7, 11) is 0. The lowest BCUT2D eigenvalue weighted by molar-refractivity contribution is 0.231. The highest BCUT2D eigenvalue weighted by atomic mass is 19.1. The normalized spacial score (nSPS) is 15.4. The van der Waals surface area contributed by atoms with Crippen LogP contribution in [0.15, 0.2) is 29.1 Å². The first kappa shape index (κ1) is 19.7. The summed E-state index contributed by atoms with van der Waals surface area (Å²) < 4.78 is 15.7. The highest BCUT2D eigenvalue weighted by Crippen LogP contribution is 2.21. The highest BCUT2D eigenvalue weighted by molar-refractivity contribution is 5.59. The Bertz CT molecular complexity index is 843. The molecule has 27 heavy (non-hydrogen) atoms. The number of rotatable bonds is 6. The summed E-state index contributed by atoms with van der Waals surface area (Å²) in [5, 5.41) is 7.83. The van der Waals surface area contributed by atoms with Gasteiger partial charge in [-0.15, -0.1) is 0 Å². The molecule has 3 rings (SSSR count). The average Bonchev–Trinajstić information content (AvgIpc) is 2.65. The van der Waals surface area contributed by atoms with Crippen molar-refractivity contribution in [3.05, 3.63) is 51.6 Å². The molecule has 1 aliphatic heterocycles. The summed E-state index contributed by atoms with van der Waals surface area (Å²) in [6, 6.07) is 6.74. The molecule has 1 aliphatic rings. The van der Waals surface area contributed by atoms with Crippen LogP contribution in [0.4, 0.5) is 4.39 Å². The lowest BCUT2D eigenvalue weighted by atomic mass is 10.1. The Morgan fingerprint density at radius 2 is 1.96 bits per heavy atom. The van der Waals surface area contributed by atoms with Gasteiger partial charge in [-0.25, -0.2) is 9.07 Å². The second kappa shape index (κ2) is 8.73. The van der Waals surface area contributed by atoms with Crippen LogP contribution in [0, 0.1) is 11.7 Å². The Morgan fingerprint density at radius 3 is 2.59 bits per heavy atom. The monoisotopic (exact) mass is 373 g/mol. The first-order chi connectivity index (χ1) is 13.0. The van der Waals surface area contributed by atoms with E-state index in [1.165, 1.54) is 10.7 Å². The fourth-order valence-electron chi connectivity index (χ4n) is 3.30. The van der Waals surface area contributed by atoms with Gasteiger partial charge in [0.2, 0.25) is 0 Å². The van der Waals surface area contributed by atoms with Crippen molar-refractivity contribution < 1.29 is 4.39 Å². The molecule has 146 valence electrons. The van der Waals surface area contributed by atoms with E-state index in [2.05, 4.69) is 15.3 Å². The zero-order valence-electron chi connectivity index (χ0n) is 16.0. The van der Waals surface area contributed by atoms with Crippen molar-refractivity contribution in [2.75, 3.05) is 26.2 Å². The topological polar surface area (TPSA) is 76.2 Å². The third kappa shape index (κ3) is 4.80. The van der Waals surface area contributed by atoms with Gasteiger partial charge in [0.25, 0.3) is 5.56 Å². The molecular formula is C20H28FN5O. The van der Waals surface area contributed by atoms with Gasteiger partial charge in [-0.1, -0.05) is 26.0 Å². The number of nitrogens with one attached hydrogen (secondary N) is 1. The van der Waals surface area contributed by atoms with Crippen molar-refractivity contribution in [3.8, 4) is 11.3 Å². The van der Waals surface area contributed by atoms with Crippen LogP contribution < -0.4 is 16.6 Å². The van der Waals surface area contributed by atoms with E-state index in [-0.39, 0.29) is 23.8 Å². The van der Waals surface area contributed by atoms with Crippen molar-refractivity contribution in [1.82, 2.24) is 20.0 Å². The molecule has 0 amide bonds. The molecule has 0 aliphatic carbocycles. The van der Waals surface area contributed by atoms with E-state index in [0.29, 0.717) is 35.5 Å². The summed E-state index contributed by atoms with van der Waals surface area (Å²) in [6.07, 6.45) is 0. The number of nitrogens with two attached hydrogens (primary N) is 1. The minimum Gasteiger partial charge on any atom is -0.326 e. The summed E-state index contributed by atoms with van der Waals surface area (Å²) >= 11 is 0. The Hall–Kier alpha value is -2.09. The van der Waals surface area contributed by atoms with Crippen molar-refractivity contribution in [3.63, 3.8) is 0 Å². The predicted molar refractivity (Wildman–Crippen MR) is 105 cm³/mol. The maximum absolute atomic E-state index is 14.2. The van der Waals surface area contributed by atoms with E-state index in [9.17, 15) is 9.18 Å². The number of hydrogen-bond donors (Lipinski definition) is 2. The first-order valence-corrected chi connectivity index (χ1v) is 9.51. The molecule has 0 radical (unpaired) electrons. The van der Waals surface area contributed by atoms with Gasteiger partial charge in [-0.2, -0.15) is 5.10 Å². The number of benzene rings is 1. The molecule has 0 bridgehead atoms. The van der Waals surface area contributed by atoms with Gasteiger partial charge >= 0.3 is 0 Å². The van der Waals surface area contributed by atoms with E-state index in [0.717, 1.165) is 26.2 Å². The van der Waals surface area contributed by atoms with Crippen molar-refractivity contribution in [2.45, 2.75) is 33.5 Å². The number of piperazine rings is 1. The maximum Gasteiger partial charge on any atom is 0.271 e. The summed E-state index contributed by atoms with van der Waals surface area (Å²) in [5.41, 5.74) is 7.93. The predicted octanol–water partition coefficient (Wildman–Crippen LogP) is 1.57. The molecule has 6 nitrogen and oxygen atoms in total. The van der Waals surface area contributed by atoms with Crippen LogP contribution in [0.25, 0.3) is 11.3 Å². The van der Waals surface area contributed by atoms with Gasteiger partial charge in [0.05, 0.1) is 5.69 Å². The number of halogens is 1. The molecule has 0 unspecified atom stereocenters. The highest BCUT2D eigenvalue weighted by Gasteiger charge is 2.16. The third-order valence-corrected chi connectivity index (χ3v) is 4.76. The molecule has 3 N–H and O–H groups in total. The number of hydrogen-bond acceptors (Lipinski definition) is 5. The van der Waals surface area contributed by atoms with Crippen LogP contribution in [-0.4, -0.2) is 40.9 Å². The minimum atomic E-state index is -0.345. The van der Waals surface area contributed by atoms with Gasteiger partial charge in [0.1, 0.15) is 5.82 Å². The van der Waals surface area contributed by atoms with Gasteiger partial charge < -0.3 is 11.1 Å². The molecule has 1 aromatic heterocycles. The lowest BCUT2D eigenvalue weighted by Crippen LogP contribution is -2.44. The van der Waals surface area contributed by atoms with E-state index in [1.807, 2.05) is 19.9 Å². The van der Waals surface area contributed by atoms with E-state index in [4.69, 9.17) is 5.73 Å². The van der Waals surface area contributed by atoms with E-state index in [1.54, 1.807) is 12.1 Å². The molecule has 2 aromatic rings. The lowest BCUT2D eigenvalue weighted by Gasteiger charge is -2.27. The molecule has 7 heteroatoms. The van der Waals surface area contributed by atoms with Crippen molar-refractivity contribution in [2.24, 2.45) is 11.7 Å². The molecule has 0 spiro atoms. The molecule has 0 atom stereocenters. The van der Waals surface area contributed by atoms with E-state index >= 15 is 0 Å². The maximum atomic E-state index is 14.2. The number of nitrogens with zero attached hydrogens (tertiary/aromatic N) is 3. The van der Waals surface area contributed by atoms with Crippen molar-refractivity contribution in [1.29, 1.82) is 0 Å². The van der Waals surface area contributed by atoms with Gasteiger partial charge in [0.15, 0.2) is 0 Å². The summed E-state index contributed by atoms with van der Waals surface area (Å²) in [5.74, 6) is -0.0593. The Kier molecular flexibility index (Phi) is 6.36. The van der Waals surface area contributed by atoms with Gasteiger partial charge in [-0.05, 0) is 18.1 Å². The van der Waals surface area contributed by atoms with Crippen LogP contribution in [0.1, 0.15) is 25.0 Å². The zero-order chi connectivity index (χ0) is 19.4. The second-order valence-corrected chi connectivity index (χ2v) is 7.47. The number of aromatic nitrogens is 2. The summed E-state index contributed by atoms with van der Waals surface area (Å²) in [6.45, 7) is 9.01. The van der Waals surface area contributed by atoms with Crippen molar-refractivity contribution >= 4 is 0 Å². The Morgan fingerprint density at radius 1 is 1.22 bits per heavy atom. The van der Waals surface area contributed by atoms with Crippen LogP contribution in [0.3, 0.4) is 0 Å². The molecule has 0 saturated carbocycles. The van der Waals surface area contributed by atoms with E-state index < -0.39 is 0 Å². The summed E-state index contributed by atoms with van der Waals surface area (Å²) in [4.78, 5) is 15.2. The fraction of sp³-hybridized carbons (Fsp3) is 0.500. The Labute approximate surface area is 159 Å².